The van der Waals surface area contributed by atoms with Crippen LogP contribution in [-0.2, 0) is 4.79 Å². The zero-order valence-electron chi connectivity index (χ0n) is 8.15. The minimum Gasteiger partial charge on any atom is -0.348 e. The minimum atomic E-state index is -0.118. The van der Waals surface area contributed by atoms with Crippen LogP contribution in [0.1, 0.15) is 12.2 Å². The second-order valence-electron chi connectivity index (χ2n) is 3.39. The molecule has 14 heavy (non-hydrogen) atoms. The number of hydrogen-bond acceptors (Lipinski definition) is 5. The number of carbonyl (C=O) groups is 1. The molecule has 1 aromatic rings. The van der Waals surface area contributed by atoms with Crippen molar-refractivity contribution in [1.82, 2.24) is 14.3 Å². The number of nitrogens with one attached hydrogen (secondary N) is 1. The molecule has 0 radical (unpaired) electrons. The van der Waals surface area contributed by atoms with E-state index in [2.05, 4.69) is 14.7 Å². The first-order chi connectivity index (χ1) is 6.66. The third kappa shape index (κ3) is 1.70. The van der Waals surface area contributed by atoms with Crippen molar-refractivity contribution in [1.29, 1.82) is 0 Å². The highest BCUT2D eigenvalue weighted by Crippen LogP contribution is 2.17. The Morgan fingerprint density at radius 3 is 2.93 bits per heavy atom. The van der Waals surface area contributed by atoms with E-state index in [9.17, 15) is 4.79 Å². The van der Waals surface area contributed by atoms with Gasteiger partial charge >= 0.3 is 0 Å². The monoisotopic (exact) mass is 212 g/mol. The maximum atomic E-state index is 11.5. The summed E-state index contributed by atoms with van der Waals surface area (Å²) in [6.45, 7) is 2.65. The summed E-state index contributed by atoms with van der Waals surface area (Å²) in [5, 5.41) is 3.83. The van der Waals surface area contributed by atoms with Gasteiger partial charge in [0, 0.05) is 25.1 Å². The third-order valence-electron chi connectivity index (χ3n) is 2.25. The summed E-state index contributed by atoms with van der Waals surface area (Å²) in [5.41, 5.74) is 0. The summed E-state index contributed by atoms with van der Waals surface area (Å²) >= 11 is 1.30. The molecular weight excluding hydrogens is 200 g/mol. The van der Waals surface area contributed by atoms with Crippen molar-refractivity contribution >= 4 is 22.6 Å². The fraction of sp³-hybridized carbons (Fsp3) is 0.625. The molecule has 5 nitrogen and oxygen atoms in total. The van der Waals surface area contributed by atoms with E-state index in [0.717, 1.165) is 23.9 Å². The third-order valence-corrected chi connectivity index (χ3v) is 2.99. The van der Waals surface area contributed by atoms with Crippen LogP contribution in [0.25, 0.3) is 0 Å². The second-order valence-corrected chi connectivity index (χ2v) is 4.14. The molecule has 0 aliphatic carbocycles. The zero-order chi connectivity index (χ0) is 10.1. The number of rotatable bonds is 2. The van der Waals surface area contributed by atoms with Gasteiger partial charge in [0.2, 0.25) is 11.0 Å². The highest BCUT2D eigenvalue weighted by atomic mass is 32.1. The van der Waals surface area contributed by atoms with E-state index < -0.39 is 0 Å². The van der Waals surface area contributed by atoms with Gasteiger partial charge in [-0.3, -0.25) is 4.79 Å². The van der Waals surface area contributed by atoms with E-state index in [1.165, 1.54) is 11.5 Å². The number of carbonyl (C=O) groups excluding carboxylic acids is 1. The van der Waals surface area contributed by atoms with Crippen LogP contribution in [-0.4, -0.2) is 39.8 Å². The van der Waals surface area contributed by atoms with Crippen molar-refractivity contribution in [2.45, 2.75) is 19.4 Å². The molecule has 0 aromatic carbocycles. The van der Waals surface area contributed by atoms with Crippen LogP contribution in [0.5, 0.6) is 0 Å². The van der Waals surface area contributed by atoms with E-state index in [-0.39, 0.29) is 11.9 Å². The molecule has 2 heterocycles. The van der Waals surface area contributed by atoms with Gasteiger partial charge in [0.25, 0.3) is 0 Å². The van der Waals surface area contributed by atoms with Crippen molar-refractivity contribution < 1.29 is 4.79 Å². The number of aryl methyl sites for hydroxylation is 1. The summed E-state index contributed by atoms with van der Waals surface area (Å²) in [6, 6.07) is -0.118. The van der Waals surface area contributed by atoms with Crippen molar-refractivity contribution in [3.8, 4) is 0 Å². The molecule has 1 saturated heterocycles. The van der Waals surface area contributed by atoms with Crippen LogP contribution < -0.4 is 5.32 Å². The van der Waals surface area contributed by atoms with Crippen LogP contribution in [0, 0.1) is 6.92 Å². The summed E-state index contributed by atoms with van der Waals surface area (Å²) < 4.78 is 4.05. The molecule has 1 N–H and O–H groups in total. The fourth-order valence-electron chi connectivity index (χ4n) is 1.46. The Morgan fingerprint density at radius 2 is 2.43 bits per heavy atom. The first-order valence-corrected chi connectivity index (χ1v) is 5.26. The molecule has 0 unspecified atom stereocenters. The normalized spacial score (nSPS) is 21.7. The summed E-state index contributed by atoms with van der Waals surface area (Å²) in [5.74, 6) is 0.883. The van der Waals surface area contributed by atoms with E-state index in [4.69, 9.17) is 0 Å². The Kier molecular flexibility index (Phi) is 2.37. The quantitative estimate of drug-likeness (QED) is 0.775. The topological polar surface area (TPSA) is 58.1 Å². The number of amides is 1. The highest BCUT2D eigenvalue weighted by Gasteiger charge is 2.29. The van der Waals surface area contributed by atoms with Gasteiger partial charge in [0.15, 0.2) is 0 Å². The van der Waals surface area contributed by atoms with Gasteiger partial charge in [-0.25, -0.2) is 4.98 Å². The Bertz CT molecular complexity index is 351. The largest absolute Gasteiger partial charge is 0.348 e. The SMILES string of the molecule is Cc1nsc(N[C@H]2CCN(C)C2=O)n1. The maximum Gasteiger partial charge on any atom is 0.244 e. The first kappa shape index (κ1) is 9.39. The lowest BCUT2D eigenvalue weighted by atomic mass is 10.2. The molecule has 1 fully saturated rings. The average Bonchev–Trinajstić information content (AvgIpc) is 2.67. The van der Waals surface area contributed by atoms with E-state index in [1.54, 1.807) is 4.90 Å². The first-order valence-electron chi connectivity index (χ1n) is 4.48. The minimum absolute atomic E-state index is 0.118. The number of aromatic nitrogens is 2. The van der Waals surface area contributed by atoms with Gasteiger partial charge in [-0.2, -0.15) is 4.37 Å². The lowest BCUT2D eigenvalue weighted by Gasteiger charge is -2.10. The Morgan fingerprint density at radius 1 is 1.64 bits per heavy atom. The molecule has 1 aliphatic rings. The molecule has 76 valence electrons. The van der Waals surface area contributed by atoms with Crippen molar-refractivity contribution in [2.75, 3.05) is 18.9 Å². The van der Waals surface area contributed by atoms with Crippen molar-refractivity contribution in [2.24, 2.45) is 0 Å². The Balaban J connectivity index is 2.02. The number of likely N-dealkylation sites (N-methyl/N-ethyl adjacent to an activating group) is 1. The molecule has 6 heteroatoms. The van der Waals surface area contributed by atoms with Gasteiger partial charge in [-0.15, -0.1) is 0 Å². The summed E-state index contributed by atoms with van der Waals surface area (Å²) in [7, 11) is 1.81. The fourth-order valence-corrected chi connectivity index (χ4v) is 2.09. The summed E-state index contributed by atoms with van der Waals surface area (Å²) in [6.07, 6.45) is 0.841. The number of nitrogens with zero attached hydrogens (tertiary/aromatic N) is 3. The molecule has 1 aliphatic heterocycles. The molecule has 0 bridgehead atoms. The molecule has 0 spiro atoms. The molecule has 2 rings (SSSR count). The van der Waals surface area contributed by atoms with Crippen molar-refractivity contribution in [3.05, 3.63) is 5.82 Å². The number of hydrogen-bond donors (Lipinski definition) is 1. The van der Waals surface area contributed by atoms with Gasteiger partial charge in [0.05, 0.1) is 0 Å². The van der Waals surface area contributed by atoms with Gasteiger partial charge in [-0.05, 0) is 13.3 Å². The zero-order valence-corrected chi connectivity index (χ0v) is 8.97. The molecule has 1 atom stereocenters. The second kappa shape index (κ2) is 3.53. The molecule has 1 aromatic heterocycles. The van der Waals surface area contributed by atoms with Gasteiger partial charge in [0.1, 0.15) is 11.9 Å². The lowest BCUT2D eigenvalue weighted by Crippen LogP contribution is -2.30. The Hall–Kier alpha value is -1.17. The van der Waals surface area contributed by atoms with Crippen LogP contribution in [0.15, 0.2) is 0 Å². The Labute approximate surface area is 86.3 Å². The molecule has 0 saturated carbocycles. The lowest BCUT2D eigenvalue weighted by molar-refractivity contribution is -0.127. The smallest absolute Gasteiger partial charge is 0.244 e. The van der Waals surface area contributed by atoms with Crippen molar-refractivity contribution in [3.63, 3.8) is 0 Å². The van der Waals surface area contributed by atoms with E-state index >= 15 is 0 Å². The van der Waals surface area contributed by atoms with Gasteiger partial charge < -0.3 is 10.2 Å². The van der Waals surface area contributed by atoms with E-state index in [1.807, 2.05) is 14.0 Å². The standard InChI is InChI=1S/C8H12N4OS/c1-5-9-8(14-11-5)10-6-3-4-12(2)7(6)13/h6H,3-4H2,1-2H3,(H,9,10,11)/t6-/m0/s1. The van der Waals surface area contributed by atoms with E-state index in [0.29, 0.717) is 0 Å². The van der Waals surface area contributed by atoms with Crippen LogP contribution in [0.3, 0.4) is 0 Å². The number of anilines is 1. The predicted octanol–water partition coefficient (Wildman–Crippen LogP) is 0.489. The highest BCUT2D eigenvalue weighted by molar-refractivity contribution is 7.09. The van der Waals surface area contributed by atoms with Crippen LogP contribution in [0.2, 0.25) is 0 Å². The molecule has 1 amide bonds. The maximum absolute atomic E-state index is 11.5. The average molecular weight is 212 g/mol. The molecular formula is C8H12N4OS. The van der Waals surface area contributed by atoms with Crippen LogP contribution >= 0.6 is 11.5 Å². The number of likely N-dealkylation sites (tertiary alicyclic amines) is 1. The summed E-state index contributed by atoms with van der Waals surface area (Å²) in [4.78, 5) is 17.4. The van der Waals surface area contributed by atoms with Gasteiger partial charge in [-0.1, -0.05) is 0 Å². The van der Waals surface area contributed by atoms with Crippen LogP contribution in [0.4, 0.5) is 5.13 Å². The predicted molar refractivity (Wildman–Crippen MR) is 54.3 cm³/mol.